The molecular weight excluding hydrogens is 334 g/mol. The monoisotopic (exact) mass is 349 g/mol. The first-order chi connectivity index (χ1) is 8.61. The summed E-state index contributed by atoms with van der Waals surface area (Å²) in [5.41, 5.74) is 6.24. The van der Waals surface area contributed by atoms with Crippen molar-refractivity contribution in [3.63, 3.8) is 0 Å². The number of hydrogen-bond donors (Lipinski definition) is 3. The summed E-state index contributed by atoms with van der Waals surface area (Å²) in [5, 5.41) is 5.13. The van der Waals surface area contributed by atoms with Gasteiger partial charge in [0.1, 0.15) is 0 Å². The number of rotatable bonds is 6. The van der Waals surface area contributed by atoms with Crippen molar-refractivity contribution >= 4 is 40.2 Å². The third-order valence-electron chi connectivity index (χ3n) is 2.28. The van der Waals surface area contributed by atoms with Crippen LogP contribution >= 0.6 is 28.3 Å². The highest BCUT2D eigenvalue weighted by atomic mass is 79.9. The molecule has 2 amide bonds. The number of nitrogens with two attached hydrogens (primary N) is 1. The fraction of sp³-hybridized carbons (Fsp3) is 0.333. The summed E-state index contributed by atoms with van der Waals surface area (Å²) in [5.74, 6) is -0.549. The van der Waals surface area contributed by atoms with Gasteiger partial charge >= 0.3 is 0 Å². The molecule has 0 bridgehead atoms. The van der Waals surface area contributed by atoms with Crippen LogP contribution in [0.25, 0.3) is 0 Å². The van der Waals surface area contributed by atoms with Gasteiger partial charge in [-0.15, -0.1) is 12.4 Å². The van der Waals surface area contributed by atoms with Crippen molar-refractivity contribution in [2.75, 3.05) is 19.6 Å². The zero-order valence-corrected chi connectivity index (χ0v) is 12.7. The van der Waals surface area contributed by atoms with E-state index >= 15 is 0 Å². The minimum atomic E-state index is -0.335. The van der Waals surface area contributed by atoms with Crippen LogP contribution in [0.3, 0.4) is 0 Å². The first-order valence-corrected chi connectivity index (χ1v) is 6.39. The van der Waals surface area contributed by atoms with Crippen molar-refractivity contribution < 1.29 is 9.59 Å². The lowest BCUT2D eigenvalue weighted by Gasteiger charge is -2.06. The Labute approximate surface area is 126 Å². The van der Waals surface area contributed by atoms with E-state index in [0.29, 0.717) is 6.54 Å². The standard InChI is InChI=1S/C12H16BrN3O2.ClH/c13-10-3-1-9(2-4-10)5-6-15-12(18)8-16-11(17)7-14;/h1-4H,5-8,14H2,(H,15,18)(H,16,17);1H. The van der Waals surface area contributed by atoms with Gasteiger partial charge in [0, 0.05) is 11.0 Å². The normalized spacial score (nSPS) is 9.37. The van der Waals surface area contributed by atoms with E-state index in [9.17, 15) is 9.59 Å². The molecule has 0 aliphatic rings. The molecule has 0 heterocycles. The summed E-state index contributed by atoms with van der Waals surface area (Å²) in [6, 6.07) is 7.90. The molecule has 1 rings (SSSR count). The maximum atomic E-state index is 11.3. The van der Waals surface area contributed by atoms with Gasteiger partial charge in [0.2, 0.25) is 11.8 Å². The minimum absolute atomic E-state index is 0. The Hall–Kier alpha value is -1.11. The number of amides is 2. The molecule has 7 heteroatoms. The molecule has 0 saturated heterocycles. The zero-order chi connectivity index (χ0) is 13.4. The van der Waals surface area contributed by atoms with Crippen LogP contribution in [0.4, 0.5) is 0 Å². The van der Waals surface area contributed by atoms with Crippen LogP contribution in [0, 0.1) is 0 Å². The predicted octanol–water partition coefficient (Wildman–Crippen LogP) is 0.604. The van der Waals surface area contributed by atoms with Crippen molar-refractivity contribution in [2.24, 2.45) is 5.73 Å². The molecule has 0 saturated carbocycles. The van der Waals surface area contributed by atoms with Crippen LogP contribution in [0.2, 0.25) is 0 Å². The summed E-state index contributed by atoms with van der Waals surface area (Å²) < 4.78 is 1.03. The molecule has 1 aromatic carbocycles. The quantitative estimate of drug-likeness (QED) is 0.702. The largest absolute Gasteiger partial charge is 0.354 e. The highest BCUT2D eigenvalue weighted by molar-refractivity contribution is 9.10. The van der Waals surface area contributed by atoms with Crippen LogP contribution in [0.1, 0.15) is 5.56 Å². The first kappa shape index (κ1) is 17.9. The molecule has 0 radical (unpaired) electrons. The van der Waals surface area contributed by atoms with Crippen LogP contribution in [0.5, 0.6) is 0 Å². The van der Waals surface area contributed by atoms with Crippen molar-refractivity contribution in [2.45, 2.75) is 6.42 Å². The maximum absolute atomic E-state index is 11.3. The Morgan fingerprint density at radius 1 is 1.11 bits per heavy atom. The molecule has 0 aromatic heterocycles. The molecule has 0 unspecified atom stereocenters. The van der Waals surface area contributed by atoms with Gasteiger partial charge in [0.15, 0.2) is 0 Å². The number of benzene rings is 1. The predicted molar refractivity (Wildman–Crippen MR) is 80.2 cm³/mol. The summed E-state index contributed by atoms with van der Waals surface area (Å²) in [6.45, 7) is 0.404. The second-order valence-electron chi connectivity index (χ2n) is 3.71. The fourth-order valence-electron chi connectivity index (χ4n) is 1.31. The van der Waals surface area contributed by atoms with Crippen LogP contribution < -0.4 is 16.4 Å². The Balaban J connectivity index is 0.00000324. The van der Waals surface area contributed by atoms with Crippen molar-refractivity contribution in [3.05, 3.63) is 34.3 Å². The average Bonchev–Trinajstić information content (AvgIpc) is 2.38. The Bertz CT molecular complexity index is 412. The van der Waals surface area contributed by atoms with Crippen LogP contribution in [0.15, 0.2) is 28.7 Å². The fourth-order valence-corrected chi connectivity index (χ4v) is 1.58. The Kier molecular flexibility index (Phi) is 9.20. The molecule has 106 valence electrons. The average molecular weight is 351 g/mol. The van der Waals surface area contributed by atoms with Gasteiger partial charge < -0.3 is 16.4 Å². The number of carbonyl (C=O) groups is 2. The molecule has 1 aromatic rings. The van der Waals surface area contributed by atoms with E-state index in [2.05, 4.69) is 26.6 Å². The summed E-state index contributed by atoms with van der Waals surface area (Å²) in [4.78, 5) is 22.2. The second-order valence-corrected chi connectivity index (χ2v) is 4.62. The summed E-state index contributed by atoms with van der Waals surface area (Å²) >= 11 is 3.36. The molecule has 4 N–H and O–H groups in total. The number of hydrogen-bond acceptors (Lipinski definition) is 3. The Morgan fingerprint density at radius 2 is 1.74 bits per heavy atom. The SMILES string of the molecule is Cl.NCC(=O)NCC(=O)NCCc1ccc(Br)cc1. The van der Waals surface area contributed by atoms with Gasteiger partial charge in [-0.25, -0.2) is 0 Å². The summed E-state index contributed by atoms with van der Waals surface area (Å²) in [7, 11) is 0. The van der Waals surface area contributed by atoms with Crippen molar-refractivity contribution in [1.82, 2.24) is 10.6 Å². The Morgan fingerprint density at radius 3 is 2.32 bits per heavy atom. The molecule has 0 aliphatic heterocycles. The van der Waals surface area contributed by atoms with E-state index in [1.807, 2.05) is 24.3 Å². The lowest BCUT2D eigenvalue weighted by molar-refractivity contribution is -0.125. The molecule has 19 heavy (non-hydrogen) atoms. The van der Waals surface area contributed by atoms with E-state index in [-0.39, 0.29) is 37.3 Å². The lowest BCUT2D eigenvalue weighted by atomic mass is 10.1. The number of nitrogens with one attached hydrogen (secondary N) is 2. The third kappa shape index (κ3) is 7.81. The van der Waals surface area contributed by atoms with E-state index in [4.69, 9.17) is 5.73 Å². The molecule has 0 fully saturated rings. The van der Waals surface area contributed by atoms with E-state index in [0.717, 1.165) is 16.5 Å². The van der Waals surface area contributed by atoms with Crippen LogP contribution in [-0.2, 0) is 16.0 Å². The van der Waals surface area contributed by atoms with Gasteiger partial charge in [0.25, 0.3) is 0 Å². The minimum Gasteiger partial charge on any atom is -0.354 e. The third-order valence-corrected chi connectivity index (χ3v) is 2.81. The molecule has 0 aliphatic carbocycles. The zero-order valence-electron chi connectivity index (χ0n) is 10.3. The molecule has 5 nitrogen and oxygen atoms in total. The van der Waals surface area contributed by atoms with Crippen molar-refractivity contribution in [1.29, 1.82) is 0 Å². The van der Waals surface area contributed by atoms with E-state index in [1.165, 1.54) is 0 Å². The second kappa shape index (κ2) is 9.77. The van der Waals surface area contributed by atoms with Crippen LogP contribution in [-0.4, -0.2) is 31.4 Å². The van der Waals surface area contributed by atoms with Gasteiger partial charge in [-0.2, -0.15) is 0 Å². The number of halogens is 2. The highest BCUT2D eigenvalue weighted by Crippen LogP contribution is 2.10. The van der Waals surface area contributed by atoms with Gasteiger partial charge in [-0.1, -0.05) is 28.1 Å². The van der Waals surface area contributed by atoms with E-state index in [1.54, 1.807) is 0 Å². The maximum Gasteiger partial charge on any atom is 0.239 e. The lowest BCUT2D eigenvalue weighted by Crippen LogP contribution is -2.40. The molecular formula is C12H17BrClN3O2. The molecule has 0 spiro atoms. The van der Waals surface area contributed by atoms with Gasteiger partial charge in [0.05, 0.1) is 13.1 Å². The van der Waals surface area contributed by atoms with Gasteiger partial charge in [-0.3, -0.25) is 9.59 Å². The topological polar surface area (TPSA) is 84.2 Å². The van der Waals surface area contributed by atoms with Gasteiger partial charge in [-0.05, 0) is 24.1 Å². The highest BCUT2D eigenvalue weighted by Gasteiger charge is 2.03. The summed E-state index contributed by atoms with van der Waals surface area (Å²) in [6.07, 6.45) is 0.754. The first-order valence-electron chi connectivity index (χ1n) is 5.59. The smallest absolute Gasteiger partial charge is 0.239 e. The number of carbonyl (C=O) groups excluding carboxylic acids is 2. The molecule has 0 atom stereocenters. The van der Waals surface area contributed by atoms with Crippen molar-refractivity contribution in [3.8, 4) is 0 Å². The van der Waals surface area contributed by atoms with E-state index < -0.39 is 0 Å².